The fourth-order valence-corrected chi connectivity index (χ4v) is 6.58. The van der Waals surface area contributed by atoms with E-state index < -0.39 is 28.5 Å². The van der Waals surface area contributed by atoms with Gasteiger partial charge in [0.15, 0.2) is 0 Å². The van der Waals surface area contributed by atoms with Gasteiger partial charge in [-0.05, 0) is 72.1 Å². The highest BCUT2D eigenvalue weighted by Gasteiger charge is 2.34. The van der Waals surface area contributed by atoms with Gasteiger partial charge in [0.05, 0.1) is 10.6 Å². The molecule has 0 heterocycles. The van der Waals surface area contributed by atoms with E-state index in [0.717, 1.165) is 19.9 Å². The fraction of sp³-hybridized carbons (Fsp3) is 0.212. The van der Waals surface area contributed by atoms with Crippen LogP contribution in [-0.4, -0.2) is 44.3 Å². The predicted molar refractivity (Wildman–Crippen MR) is 179 cm³/mol. The second kappa shape index (κ2) is 15.6. The van der Waals surface area contributed by atoms with Crippen LogP contribution in [0.2, 0.25) is 10.0 Å². The second-order valence-electron chi connectivity index (χ2n) is 10.1. The lowest BCUT2D eigenvalue weighted by Gasteiger charge is -2.34. The topological polar surface area (TPSA) is 86.8 Å². The van der Waals surface area contributed by atoms with Gasteiger partial charge in [0.25, 0.3) is 10.0 Å². The predicted octanol–water partition coefficient (Wildman–Crippen LogP) is 7.12. The van der Waals surface area contributed by atoms with Crippen molar-refractivity contribution in [1.29, 1.82) is 0 Å². The Morgan fingerprint density at radius 2 is 1.52 bits per heavy atom. The SMILES string of the molecule is CCCNC(=O)[C@@H](Cc1ccccc1)N(Cc1ccc(Br)cc1)C(=O)CN(c1cccc(Cl)c1)S(=O)(=O)c1ccc(Cl)cc1. The Morgan fingerprint density at radius 1 is 0.841 bits per heavy atom. The van der Waals surface area contributed by atoms with Gasteiger partial charge in [-0.3, -0.25) is 13.9 Å². The molecule has 0 radical (unpaired) electrons. The molecule has 0 aliphatic carbocycles. The Bertz CT molecular complexity index is 1670. The van der Waals surface area contributed by atoms with E-state index in [1.807, 2.05) is 61.5 Å². The number of carbonyl (C=O) groups is 2. The van der Waals surface area contributed by atoms with E-state index in [-0.39, 0.29) is 29.5 Å². The van der Waals surface area contributed by atoms with Gasteiger partial charge >= 0.3 is 0 Å². The van der Waals surface area contributed by atoms with E-state index in [2.05, 4.69) is 21.2 Å². The fourth-order valence-electron chi connectivity index (χ4n) is 4.60. The van der Waals surface area contributed by atoms with E-state index in [0.29, 0.717) is 23.0 Å². The van der Waals surface area contributed by atoms with Crippen molar-refractivity contribution < 1.29 is 18.0 Å². The van der Waals surface area contributed by atoms with Crippen molar-refractivity contribution >= 4 is 66.7 Å². The van der Waals surface area contributed by atoms with Gasteiger partial charge in [-0.25, -0.2) is 8.42 Å². The van der Waals surface area contributed by atoms with E-state index in [4.69, 9.17) is 23.2 Å². The van der Waals surface area contributed by atoms with Crippen LogP contribution in [-0.2, 0) is 32.6 Å². The van der Waals surface area contributed by atoms with Crippen LogP contribution in [0.25, 0.3) is 0 Å². The van der Waals surface area contributed by atoms with Crippen LogP contribution < -0.4 is 9.62 Å². The number of amides is 2. The third-order valence-electron chi connectivity index (χ3n) is 6.86. The molecule has 230 valence electrons. The number of sulfonamides is 1. The summed E-state index contributed by atoms with van der Waals surface area (Å²) in [5, 5.41) is 3.61. The van der Waals surface area contributed by atoms with Crippen LogP contribution in [0.1, 0.15) is 24.5 Å². The Kier molecular flexibility index (Phi) is 11.9. The van der Waals surface area contributed by atoms with E-state index in [1.54, 1.807) is 18.2 Å². The van der Waals surface area contributed by atoms with E-state index >= 15 is 0 Å². The van der Waals surface area contributed by atoms with E-state index in [9.17, 15) is 18.0 Å². The zero-order chi connectivity index (χ0) is 31.7. The Balaban J connectivity index is 1.79. The lowest BCUT2D eigenvalue weighted by molar-refractivity contribution is -0.140. The van der Waals surface area contributed by atoms with Crippen molar-refractivity contribution in [2.45, 2.75) is 37.2 Å². The Labute approximate surface area is 277 Å². The minimum absolute atomic E-state index is 0.0457. The van der Waals surface area contributed by atoms with Crippen molar-refractivity contribution in [3.05, 3.63) is 129 Å². The third-order valence-corrected chi connectivity index (χ3v) is 9.67. The number of hydrogen-bond acceptors (Lipinski definition) is 4. The van der Waals surface area contributed by atoms with Gasteiger partial charge in [0, 0.05) is 34.0 Å². The van der Waals surface area contributed by atoms with Gasteiger partial charge in [-0.2, -0.15) is 0 Å². The minimum atomic E-state index is -4.25. The van der Waals surface area contributed by atoms with Crippen molar-refractivity contribution in [2.24, 2.45) is 0 Å². The average Bonchev–Trinajstić information content (AvgIpc) is 3.01. The molecule has 0 spiro atoms. The third kappa shape index (κ3) is 8.85. The maximum absolute atomic E-state index is 14.4. The molecule has 1 atom stereocenters. The molecular formula is C33H32BrCl2N3O4S. The first-order chi connectivity index (χ1) is 21.1. The summed E-state index contributed by atoms with van der Waals surface area (Å²) < 4.78 is 29.9. The first-order valence-corrected chi connectivity index (χ1v) is 17.0. The molecule has 0 unspecified atom stereocenters. The van der Waals surface area contributed by atoms with Gasteiger partial charge in [-0.15, -0.1) is 0 Å². The van der Waals surface area contributed by atoms with Gasteiger partial charge < -0.3 is 10.2 Å². The molecule has 4 aromatic carbocycles. The molecule has 44 heavy (non-hydrogen) atoms. The lowest BCUT2D eigenvalue weighted by atomic mass is 10.0. The Hall–Kier alpha value is -3.37. The summed E-state index contributed by atoms with van der Waals surface area (Å²) >= 11 is 15.7. The first-order valence-electron chi connectivity index (χ1n) is 14.0. The summed E-state index contributed by atoms with van der Waals surface area (Å²) in [6, 6.07) is 27.9. The van der Waals surface area contributed by atoms with Gasteiger partial charge in [0.1, 0.15) is 12.6 Å². The number of benzene rings is 4. The smallest absolute Gasteiger partial charge is 0.264 e. The van der Waals surface area contributed by atoms with Crippen molar-refractivity contribution in [2.75, 3.05) is 17.4 Å². The molecule has 4 aromatic rings. The maximum atomic E-state index is 14.4. The van der Waals surface area contributed by atoms with Crippen LogP contribution >= 0.6 is 39.1 Å². The van der Waals surface area contributed by atoms with Crippen LogP contribution in [0, 0.1) is 0 Å². The van der Waals surface area contributed by atoms with Gasteiger partial charge in [0.2, 0.25) is 11.8 Å². The summed E-state index contributed by atoms with van der Waals surface area (Å²) in [5.41, 5.74) is 1.84. The number of hydrogen-bond donors (Lipinski definition) is 1. The number of nitrogens with one attached hydrogen (secondary N) is 1. The molecule has 0 saturated carbocycles. The standard InChI is InChI=1S/C33H32BrCl2N3O4S/c1-2-19-37-33(41)31(20-24-7-4-3-5-8-24)38(22-25-11-13-26(34)14-12-25)32(40)23-39(29-10-6-9-28(36)21-29)44(42,43)30-17-15-27(35)16-18-30/h3-18,21,31H,2,19-20,22-23H2,1H3,(H,37,41)/t31-/m1/s1. The molecule has 0 fully saturated rings. The molecule has 0 aliphatic rings. The van der Waals surface area contributed by atoms with Crippen LogP contribution in [0.4, 0.5) is 5.69 Å². The monoisotopic (exact) mass is 715 g/mol. The van der Waals surface area contributed by atoms with Crippen LogP contribution in [0.5, 0.6) is 0 Å². The highest BCUT2D eigenvalue weighted by molar-refractivity contribution is 9.10. The number of nitrogens with zero attached hydrogens (tertiary/aromatic N) is 2. The molecule has 7 nitrogen and oxygen atoms in total. The zero-order valence-electron chi connectivity index (χ0n) is 24.0. The highest BCUT2D eigenvalue weighted by Crippen LogP contribution is 2.28. The molecule has 0 bridgehead atoms. The number of halogens is 3. The summed E-state index contributed by atoms with van der Waals surface area (Å²) in [5.74, 6) is -0.881. The normalized spacial score (nSPS) is 11.9. The molecule has 0 saturated heterocycles. The summed E-state index contributed by atoms with van der Waals surface area (Å²) in [6.07, 6.45) is 0.950. The van der Waals surface area contributed by atoms with Crippen molar-refractivity contribution in [3.63, 3.8) is 0 Å². The molecule has 0 aliphatic heterocycles. The number of carbonyl (C=O) groups excluding carboxylic acids is 2. The molecular weight excluding hydrogens is 685 g/mol. The number of rotatable bonds is 13. The number of anilines is 1. The first kappa shape index (κ1) is 33.5. The average molecular weight is 718 g/mol. The quantitative estimate of drug-likeness (QED) is 0.160. The van der Waals surface area contributed by atoms with E-state index in [1.165, 1.54) is 35.2 Å². The lowest BCUT2D eigenvalue weighted by Crippen LogP contribution is -2.53. The van der Waals surface area contributed by atoms with Crippen LogP contribution in [0.3, 0.4) is 0 Å². The molecule has 11 heteroatoms. The van der Waals surface area contributed by atoms with Crippen molar-refractivity contribution in [1.82, 2.24) is 10.2 Å². The summed E-state index contributed by atoms with van der Waals surface area (Å²) in [7, 11) is -4.25. The second-order valence-corrected chi connectivity index (χ2v) is 13.7. The van der Waals surface area contributed by atoms with Crippen molar-refractivity contribution in [3.8, 4) is 0 Å². The van der Waals surface area contributed by atoms with Gasteiger partial charge in [-0.1, -0.05) is 94.6 Å². The highest BCUT2D eigenvalue weighted by atomic mass is 79.9. The molecule has 1 N–H and O–H groups in total. The van der Waals surface area contributed by atoms with Crippen LogP contribution in [0.15, 0.2) is 112 Å². The summed E-state index contributed by atoms with van der Waals surface area (Å²) in [4.78, 5) is 29.5. The molecule has 2 amide bonds. The largest absolute Gasteiger partial charge is 0.354 e. The maximum Gasteiger partial charge on any atom is 0.264 e. The summed E-state index contributed by atoms with van der Waals surface area (Å²) in [6.45, 7) is 1.88. The molecule has 4 rings (SSSR count). The Morgan fingerprint density at radius 3 is 2.16 bits per heavy atom. The zero-order valence-corrected chi connectivity index (χ0v) is 27.9. The minimum Gasteiger partial charge on any atom is -0.354 e. The molecule has 0 aromatic heterocycles.